The summed E-state index contributed by atoms with van der Waals surface area (Å²) in [6.45, 7) is 0.695. The Kier molecular flexibility index (Phi) is 3.75. The number of fused-ring (bicyclic) bond motifs is 1. The number of nitrogens with one attached hydrogen (secondary N) is 1. The number of benzene rings is 1. The highest BCUT2D eigenvalue weighted by Crippen LogP contribution is 2.32. The first-order valence-corrected chi connectivity index (χ1v) is 6.40. The van der Waals surface area contributed by atoms with E-state index in [1.807, 2.05) is 0 Å². The quantitative estimate of drug-likeness (QED) is 0.863. The first kappa shape index (κ1) is 13.1. The Morgan fingerprint density at radius 3 is 2.67 bits per heavy atom. The second-order valence-corrected chi connectivity index (χ2v) is 4.50. The fourth-order valence-electron chi connectivity index (χ4n) is 1.66. The van der Waals surface area contributed by atoms with Gasteiger partial charge in [-0.1, -0.05) is 22.0 Å². The molecular formula is C12H10BrF3N2. The van der Waals surface area contributed by atoms with Gasteiger partial charge >= 0.3 is 6.18 Å². The lowest BCUT2D eigenvalue weighted by molar-refractivity contribution is -0.137. The molecule has 1 aromatic carbocycles. The van der Waals surface area contributed by atoms with Gasteiger partial charge in [0.2, 0.25) is 0 Å². The normalized spacial score (nSPS) is 11.8. The number of aromatic nitrogens is 1. The van der Waals surface area contributed by atoms with Crippen LogP contribution < -0.4 is 5.32 Å². The van der Waals surface area contributed by atoms with Crippen molar-refractivity contribution in [2.24, 2.45) is 0 Å². The Labute approximate surface area is 110 Å². The molecule has 0 bridgehead atoms. The van der Waals surface area contributed by atoms with E-state index >= 15 is 0 Å². The minimum absolute atomic E-state index is 0.337. The van der Waals surface area contributed by atoms with Crippen LogP contribution in [-0.4, -0.2) is 16.9 Å². The van der Waals surface area contributed by atoms with Crippen molar-refractivity contribution in [1.82, 2.24) is 4.98 Å². The third-order valence-corrected chi connectivity index (χ3v) is 2.88. The van der Waals surface area contributed by atoms with E-state index in [0.29, 0.717) is 17.4 Å². The summed E-state index contributed by atoms with van der Waals surface area (Å²) in [6, 6.07) is 5.33. The number of pyridine rings is 1. The Bertz CT molecular complexity index is 555. The highest BCUT2D eigenvalue weighted by atomic mass is 79.9. The monoisotopic (exact) mass is 318 g/mol. The van der Waals surface area contributed by atoms with Crippen LogP contribution in [0.2, 0.25) is 0 Å². The van der Waals surface area contributed by atoms with Crippen molar-refractivity contribution in [3.05, 3.63) is 36.0 Å². The number of hydrogen-bond donors (Lipinski definition) is 1. The van der Waals surface area contributed by atoms with Crippen LogP contribution in [0.4, 0.5) is 18.9 Å². The Morgan fingerprint density at radius 1 is 1.22 bits per heavy atom. The molecule has 2 nitrogen and oxygen atoms in total. The van der Waals surface area contributed by atoms with E-state index < -0.39 is 11.7 Å². The number of hydrogen-bond acceptors (Lipinski definition) is 2. The van der Waals surface area contributed by atoms with Crippen molar-refractivity contribution in [3.8, 4) is 0 Å². The second kappa shape index (κ2) is 5.14. The molecule has 18 heavy (non-hydrogen) atoms. The maximum absolute atomic E-state index is 12.6. The Hall–Kier alpha value is -1.30. The predicted molar refractivity (Wildman–Crippen MR) is 69.0 cm³/mol. The molecule has 1 N–H and O–H groups in total. The van der Waals surface area contributed by atoms with Gasteiger partial charge in [-0.05, 0) is 18.2 Å². The van der Waals surface area contributed by atoms with Crippen LogP contribution in [0.1, 0.15) is 5.56 Å². The predicted octanol–water partition coefficient (Wildman–Crippen LogP) is 4.06. The molecule has 0 spiro atoms. The van der Waals surface area contributed by atoms with Gasteiger partial charge in [-0.2, -0.15) is 13.2 Å². The van der Waals surface area contributed by atoms with Gasteiger partial charge in [0.05, 0.1) is 11.1 Å². The molecule has 0 fully saturated rings. The van der Waals surface area contributed by atoms with Gasteiger partial charge in [-0.15, -0.1) is 0 Å². The molecule has 0 amide bonds. The van der Waals surface area contributed by atoms with Crippen LogP contribution in [0.25, 0.3) is 10.9 Å². The van der Waals surface area contributed by atoms with Gasteiger partial charge in [0.25, 0.3) is 0 Å². The molecule has 0 aliphatic heterocycles. The van der Waals surface area contributed by atoms with Crippen LogP contribution in [0.3, 0.4) is 0 Å². The molecule has 0 aliphatic carbocycles. The third-order valence-electron chi connectivity index (χ3n) is 2.48. The maximum Gasteiger partial charge on any atom is 0.416 e. The van der Waals surface area contributed by atoms with Crippen molar-refractivity contribution in [3.63, 3.8) is 0 Å². The summed E-state index contributed by atoms with van der Waals surface area (Å²) in [5.41, 5.74) is 0.442. The minimum atomic E-state index is -4.34. The van der Waals surface area contributed by atoms with Crippen LogP contribution in [0, 0.1) is 0 Å². The molecule has 2 aromatic rings. The number of alkyl halides is 4. The molecule has 0 aliphatic rings. The van der Waals surface area contributed by atoms with Gasteiger partial charge < -0.3 is 5.32 Å². The SMILES string of the molecule is FC(F)(F)c1ccc2c(NCCBr)ccnc2c1. The van der Waals surface area contributed by atoms with Gasteiger partial charge in [0.15, 0.2) is 0 Å². The standard InChI is InChI=1S/C12H10BrF3N2/c13-4-6-18-10-3-5-17-11-7-8(12(14,15)16)1-2-9(10)11/h1-3,5,7H,4,6H2,(H,17,18). The second-order valence-electron chi connectivity index (χ2n) is 3.70. The van der Waals surface area contributed by atoms with E-state index in [4.69, 9.17) is 0 Å². The fourth-order valence-corrected chi connectivity index (χ4v) is 1.86. The van der Waals surface area contributed by atoms with Gasteiger partial charge in [0, 0.05) is 29.1 Å². The molecule has 0 saturated carbocycles. The van der Waals surface area contributed by atoms with Gasteiger partial charge in [-0.25, -0.2) is 0 Å². The van der Waals surface area contributed by atoms with E-state index in [1.54, 1.807) is 6.07 Å². The van der Waals surface area contributed by atoms with Crippen LogP contribution >= 0.6 is 15.9 Å². The topological polar surface area (TPSA) is 24.9 Å². The summed E-state index contributed by atoms with van der Waals surface area (Å²) in [7, 11) is 0. The molecule has 1 heterocycles. The summed E-state index contributed by atoms with van der Waals surface area (Å²) in [5.74, 6) is 0. The summed E-state index contributed by atoms with van der Waals surface area (Å²) in [5, 5.41) is 4.58. The van der Waals surface area contributed by atoms with Crippen molar-refractivity contribution in [2.45, 2.75) is 6.18 Å². The summed E-state index contributed by atoms with van der Waals surface area (Å²) in [6.07, 6.45) is -2.84. The minimum Gasteiger partial charge on any atom is -0.384 e. The van der Waals surface area contributed by atoms with Crippen molar-refractivity contribution >= 4 is 32.5 Å². The Balaban J connectivity index is 2.46. The molecule has 0 saturated heterocycles. The molecule has 6 heteroatoms. The lowest BCUT2D eigenvalue weighted by atomic mass is 10.1. The van der Waals surface area contributed by atoms with Crippen LogP contribution in [0.15, 0.2) is 30.5 Å². The van der Waals surface area contributed by atoms with E-state index in [0.717, 1.165) is 23.2 Å². The number of rotatable bonds is 3. The highest BCUT2D eigenvalue weighted by Gasteiger charge is 2.30. The van der Waals surface area contributed by atoms with E-state index in [-0.39, 0.29) is 0 Å². The smallest absolute Gasteiger partial charge is 0.384 e. The average molecular weight is 319 g/mol. The van der Waals surface area contributed by atoms with Crippen molar-refractivity contribution in [1.29, 1.82) is 0 Å². The van der Waals surface area contributed by atoms with Crippen molar-refractivity contribution < 1.29 is 13.2 Å². The molecule has 0 radical (unpaired) electrons. The summed E-state index contributed by atoms with van der Waals surface area (Å²) < 4.78 is 37.7. The zero-order valence-electron chi connectivity index (χ0n) is 9.26. The molecule has 2 rings (SSSR count). The molecule has 96 valence electrons. The van der Waals surface area contributed by atoms with Crippen molar-refractivity contribution in [2.75, 3.05) is 17.2 Å². The van der Waals surface area contributed by atoms with Gasteiger partial charge in [0.1, 0.15) is 0 Å². The largest absolute Gasteiger partial charge is 0.416 e. The fraction of sp³-hybridized carbons (Fsp3) is 0.250. The summed E-state index contributed by atoms with van der Waals surface area (Å²) >= 11 is 3.28. The molecular weight excluding hydrogens is 309 g/mol. The van der Waals surface area contributed by atoms with Crippen LogP contribution in [-0.2, 0) is 6.18 Å². The van der Waals surface area contributed by atoms with E-state index in [1.165, 1.54) is 12.3 Å². The number of nitrogens with zero attached hydrogens (tertiary/aromatic N) is 1. The third kappa shape index (κ3) is 2.75. The lowest BCUT2D eigenvalue weighted by Gasteiger charge is -2.10. The first-order valence-electron chi connectivity index (χ1n) is 5.28. The Morgan fingerprint density at radius 2 is 2.00 bits per heavy atom. The molecule has 0 atom stereocenters. The maximum atomic E-state index is 12.6. The van der Waals surface area contributed by atoms with Crippen LogP contribution in [0.5, 0.6) is 0 Å². The zero-order valence-corrected chi connectivity index (χ0v) is 10.8. The first-order chi connectivity index (χ1) is 8.52. The van der Waals surface area contributed by atoms with E-state index in [2.05, 4.69) is 26.2 Å². The number of halogens is 4. The zero-order chi connectivity index (χ0) is 13.2. The lowest BCUT2D eigenvalue weighted by Crippen LogP contribution is -2.06. The average Bonchev–Trinajstić information content (AvgIpc) is 2.34. The molecule has 1 aromatic heterocycles. The highest BCUT2D eigenvalue weighted by molar-refractivity contribution is 9.09. The number of anilines is 1. The van der Waals surface area contributed by atoms with E-state index in [9.17, 15) is 13.2 Å². The summed E-state index contributed by atoms with van der Waals surface area (Å²) in [4.78, 5) is 3.97. The van der Waals surface area contributed by atoms with Gasteiger partial charge in [-0.3, -0.25) is 4.98 Å². The molecule has 0 unspecified atom stereocenters.